The van der Waals surface area contributed by atoms with Crippen LogP contribution in [0.2, 0.25) is 0 Å². The first-order valence-corrected chi connectivity index (χ1v) is 7.91. The Hall–Kier alpha value is -0.650. The van der Waals surface area contributed by atoms with E-state index in [1.807, 2.05) is 0 Å². The van der Waals surface area contributed by atoms with Gasteiger partial charge in [-0.2, -0.15) is 0 Å². The molecule has 5 nitrogen and oxygen atoms in total. The van der Waals surface area contributed by atoms with Gasteiger partial charge < -0.3 is 14.7 Å². The Kier molecular flexibility index (Phi) is 4.29. The van der Waals surface area contributed by atoms with Crippen molar-refractivity contribution in [3.05, 3.63) is 0 Å². The summed E-state index contributed by atoms with van der Waals surface area (Å²) in [5.74, 6) is -0.0401. The highest BCUT2D eigenvalue weighted by Gasteiger charge is 2.42. The second-order valence-corrected chi connectivity index (χ2v) is 6.64. The first-order valence-electron chi connectivity index (χ1n) is 7.91. The number of carboxylic acids is 1. The molecule has 3 heterocycles. The minimum Gasteiger partial charge on any atom is -0.481 e. The summed E-state index contributed by atoms with van der Waals surface area (Å²) in [4.78, 5) is 15.5. The van der Waals surface area contributed by atoms with Crippen LogP contribution in [0.3, 0.4) is 0 Å². The molecule has 0 aliphatic carbocycles. The first kappa shape index (κ1) is 14.3. The van der Waals surface area contributed by atoms with Crippen molar-refractivity contribution >= 4 is 5.97 Å². The standard InChI is InChI=1S/C15H26N2O3/c1-16-12-2-3-13(16)9-11(8-12)14-10-17(6-7-20-14)5-4-15(18)19/h11-14H,2-10H2,1H3,(H,18,19). The van der Waals surface area contributed by atoms with Crippen LogP contribution in [0.4, 0.5) is 0 Å². The molecule has 3 rings (SSSR count). The molecule has 2 bridgehead atoms. The van der Waals surface area contributed by atoms with Gasteiger partial charge in [0, 0.05) is 31.7 Å². The van der Waals surface area contributed by atoms with Crippen molar-refractivity contribution in [3.63, 3.8) is 0 Å². The molecular formula is C15H26N2O3. The molecule has 3 atom stereocenters. The van der Waals surface area contributed by atoms with Crippen LogP contribution >= 0.6 is 0 Å². The molecule has 3 fully saturated rings. The third kappa shape index (κ3) is 3.00. The van der Waals surface area contributed by atoms with Gasteiger partial charge in [0.05, 0.1) is 19.1 Å². The Morgan fingerprint density at radius 1 is 1.30 bits per heavy atom. The van der Waals surface area contributed by atoms with E-state index in [1.165, 1.54) is 25.7 Å². The Bertz CT molecular complexity index is 349. The van der Waals surface area contributed by atoms with Crippen LogP contribution in [0.15, 0.2) is 0 Å². The molecule has 0 aromatic rings. The lowest BCUT2D eigenvalue weighted by atomic mass is 9.86. The number of carbonyl (C=O) groups is 1. The second kappa shape index (κ2) is 6.00. The number of fused-ring (bicyclic) bond motifs is 2. The van der Waals surface area contributed by atoms with Gasteiger partial charge in [-0.05, 0) is 38.6 Å². The highest BCUT2D eigenvalue weighted by Crippen LogP contribution is 2.39. The minimum absolute atomic E-state index is 0.241. The van der Waals surface area contributed by atoms with E-state index in [1.54, 1.807) is 0 Å². The van der Waals surface area contributed by atoms with Gasteiger partial charge in [-0.1, -0.05) is 0 Å². The predicted octanol–water partition coefficient (Wildman–Crippen LogP) is 1.03. The highest BCUT2D eigenvalue weighted by molar-refractivity contribution is 5.66. The minimum atomic E-state index is -0.703. The molecule has 1 N–H and O–H groups in total. The van der Waals surface area contributed by atoms with Gasteiger partial charge in [0.2, 0.25) is 0 Å². The molecular weight excluding hydrogens is 256 g/mol. The lowest BCUT2D eigenvalue weighted by Gasteiger charge is -2.43. The topological polar surface area (TPSA) is 53.0 Å². The number of aliphatic carboxylic acids is 1. The predicted molar refractivity (Wildman–Crippen MR) is 75.7 cm³/mol. The zero-order valence-corrected chi connectivity index (χ0v) is 12.3. The molecule has 0 aromatic heterocycles. The highest BCUT2D eigenvalue weighted by atomic mass is 16.5. The molecule has 3 aliphatic heterocycles. The number of carboxylic acid groups (broad SMARTS) is 1. The number of nitrogens with zero attached hydrogens (tertiary/aromatic N) is 2. The summed E-state index contributed by atoms with van der Waals surface area (Å²) in [6.07, 6.45) is 5.75. The number of piperidine rings is 1. The summed E-state index contributed by atoms with van der Waals surface area (Å²) in [5, 5.41) is 8.80. The summed E-state index contributed by atoms with van der Waals surface area (Å²) < 4.78 is 6.01. The van der Waals surface area contributed by atoms with Gasteiger partial charge >= 0.3 is 5.97 Å². The Morgan fingerprint density at radius 3 is 2.65 bits per heavy atom. The van der Waals surface area contributed by atoms with Crippen LogP contribution in [0, 0.1) is 5.92 Å². The van der Waals surface area contributed by atoms with Gasteiger partial charge in [-0.25, -0.2) is 0 Å². The molecule has 0 spiro atoms. The van der Waals surface area contributed by atoms with Crippen molar-refractivity contribution in [1.29, 1.82) is 0 Å². The van der Waals surface area contributed by atoms with Crippen LogP contribution in [-0.2, 0) is 9.53 Å². The van der Waals surface area contributed by atoms with Crippen LogP contribution in [-0.4, -0.2) is 72.4 Å². The largest absolute Gasteiger partial charge is 0.481 e. The van der Waals surface area contributed by atoms with Crippen LogP contribution in [0.5, 0.6) is 0 Å². The SMILES string of the molecule is CN1C2CCC1CC(C1CN(CCC(=O)O)CCO1)C2. The van der Waals surface area contributed by atoms with Gasteiger partial charge in [0.1, 0.15) is 0 Å². The van der Waals surface area contributed by atoms with Gasteiger partial charge in [-0.3, -0.25) is 9.69 Å². The molecule has 3 saturated heterocycles. The van der Waals surface area contributed by atoms with Gasteiger partial charge in [-0.15, -0.1) is 0 Å². The number of rotatable bonds is 4. The Labute approximate surface area is 120 Å². The lowest BCUT2D eigenvalue weighted by Crippen LogP contribution is -2.50. The summed E-state index contributed by atoms with van der Waals surface area (Å²) in [6, 6.07) is 1.49. The lowest BCUT2D eigenvalue weighted by molar-refractivity contribution is -0.138. The van der Waals surface area contributed by atoms with Crippen molar-refractivity contribution in [2.45, 2.75) is 50.3 Å². The van der Waals surface area contributed by atoms with Crippen molar-refractivity contribution < 1.29 is 14.6 Å². The maximum absolute atomic E-state index is 10.7. The van der Waals surface area contributed by atoms with Crippen molar-refractivity contribution in [2.75, 3.05) is 33.3 Å². The van der Waals surface area contributed by atoms with Gasteiger partial charge in [0.25, 0.3) is 0 Å². The van der Waals surface area contributed by atoms with Crippen molar-refractivity contribution in [1.82, 2.24) is 9.80 Å². The normalized spacial score (nSPS) is 39.0. The van der Waals surface area contributed by atoms with Gasteiger partial charge in [0.15, 0.2) is 0 Å². The van der Waals surface area contributed by atoms with Crippen molar-refractivity contribution in [2.24, 2.45) is 5.92 Å². The zero-order chi connectivity index (χ0) is 14.1. The van der Waals surface area contributed by atoms with E-state index in [-0.39, 0.29) is 6.42 Å². The summed E-state index contributed by atoms with van der Waals surface area (Å²) in [6.45, 7) is 3.21. The monoisotopic (exact) mass is 282 g/mol. The van der Waals surface area contributed by atoms with E-state index in [0.29, 0.717) is 18.6 Å². The zero-order valence-electron chi connectivity index (χ0n) is 12.3. The molecule has 114 valence electrons. The quantitative estimate of drug-likeness (QED) is 0.835. The summed E-state index contributed by atoms with van der Waals surface area (Å²) in [5.41, 5.74) is 0. The number of hydrogen-bond donors (Lipinski definition) is 1. The van der Waals surface area contributed by atoms with Crippen LogP contribution in [0.25, 0.3) is 0 Å². The molecule has 0 aromatic carbocycles. The number of hydrogen-bond acceptors (Lipinski definition) is 4. The molecule has 0 amide bonds. The molecule has 0 saturated carbocycles. The third-order valence-electron chi connectivity index (χ3n) is 5.48. The van der Waals surface area contributed by atoms with Crippen LogP contribution in [0.1, 0.15) is 32.1 Å². The molecule has 0 radical (unpaired) electrons. The average Bonchev–Trinajstić information content (AvgIpc) is 2.67. The molecule has 5 heteroatoms. The summed E-state index contributed by atoms with van der Waals surface area (Å²) >= 11 is 0. The molecule has 3 unspecified atom stereocenters. The maximum atomic E-state index is 10.7. The molecule has 20 heavy (non-hydrogen) atoms. The van der Waals surface area contributed by atoms with E-state index in [4.69, 9.17) is 9.84 Å². The van der Waals surface area contributed by atoms with E-state index < -0.39 is 5.97 Å². The van der Waals surface area contributed by atoms with Crippen molar-refractivity contribution in [3.8, 4) is 0 Å². The van der Waals surface area contributed by atoms with E-state index in [9.17, 15) is 4.79 Å². The average molecular weight is 282 g/mol. The Balaban J connectivity index is 1.53. The third-order valence-corrected chi connectivity index (χ3v) is 5.48. The van der Waals surface area contributed by atoms with E-state index in [2.05, 4.69) is 16.8 Å². The summed E-state index contributed by atoms with van der Waals surface area (Å²) in [7, 11) is 2.26. The van der Waals surface area contributed by atoms with Crippen LogP contribution < -0.4 is 0 Å². The number of ether oxygens (including phenoxy) is 1. The fourth-order valence-electron chi connectivity index (χ4n) is 4.23. The number of morpholine rings is 1. The fourth-order valence-corrected chi connectivity index (χ4v) is 4.23. The molecule has 3 aliphatic rings. The maximum Gasteiger partial charge on any atom is 0.304 e. The second-order valence-electron chi connectivity index (χ2n) is 6.64. The first-order chi connectivity index (χ1) is 9.63. The van der Waals surface area contributed by atoms with E-state index in [0.717, 1.165) is 31.8 Å². The Morgan fingerprint density at radius 2 is 2.00 bits per heavy atom. The van der Waals surface area contributed by atoms with E-state index >= 15 is 0 Å². The fraction of sp³-hybridized carbons (Fsp3) is 0.933. The smallest absolute Gasteiger partial charge is 0.304 e.